The number of amides is 1. The zero-order valence-electron chi connectivity index (χ0n) is 11.8. The molecule has 8 nitrogen and oxygen atoms in total. The Kier molecular flexibility index (Phi) is 3.65. The van der Waals surface area contributed by atoms with Crippen molar-refractivity contribution in [1.82, 2.24) is 14.5 Å². The first-order valence-electron chi connectivity index (χ1n) is 6.42. The maximum absolute atomic E-state index is 11.9. The second-order valence-electron chi connectivity index (χ2n) is 5.81. The number of nitro groups is 1. The lowest BCUT2D eigenvalue weighted by Gasteiger charge is -2.24. The maximum atomic E-state index is 11.9. The molecule has 8 heteroatoms. The van der Waals surface area contributed by atoms with E-state index < -0.39 is 10.5 Å². The van der Waals surface area contributed by atoms with Crippen LogP contribution in [0.15, 0.2) is 12.5 Å². The van der Waals surface area contributed by atoms with Crippen molar-refractivity contribution >= 4 is 11.9 Å². The highest BCUT2D eigenvalue weighted by Crippen LogP contribution is 2.24. The van der Waals surface area contributed by atoms with Crippen LogP contribution in [0.4, 0.5) is 10.6 Å². The average molecular weight is 282 g/mol. The number of rotatable bonds is 2. The SMILES string of the molecule is CC(C)(C)OC(=O)N1CCC(n2cnc([N+](=O)[O-])c2)C1. The van der Waals surface area contributed by atoms with Gasteiger partial charge in [-0.3, -0.25) is 0 Å². The number of carbonyl (C=O) groups is 1. The van der Waals surface area contributed by atoms with Gasteiger partial charge in [-0.2, -0.15) is 0 Å². The molecule has 1 aliphatic heterocycles. The smallest absolute Gasteiger partial charge is 0.410 e. The number of nitrogens with zero attached hydrogens (tertiary/aromatic N) is 4. The fourth-order valence-corrected chi connectivity index (χ4v) is 2.10. The third-order valence-electron chi connectivity index (χ3n) is 3.01. The Morgan fingerprint density at radius 2 is 2.25 bits per heavy atom. The summed E-state index contributed by atoms with van der Waals surface area (Å²) in [6, 6.07) is 0.00344. The molecule has 1 fully saturated rings. The molecular weight excluding hydrogens is 264 g/mol. The minimum absolute atomic E-state index is 0.00344. The van der Waals surface area contributed by atoms with Crippen LogP contribution in [0.1, 0.15) is 33.2 Å². The molecule has 0 saturated carbocycles. The molecule has 1 saturated heterocycles. The van der Waals surface area contributed by atoms with E-state index in [4.69, 9.17) is 4.74 Å². The van der Waals surface area contributed by atoms with Gasteiger partial charge in [-0.05, 0) is 37.1 Å². The zero-order chi connectivity index (χ0) is 14.9. The van der Waals surface area contributed by atoms with E-state index in [9.17, 15) is 14.9 Å². The Labute approximate surface area is 116 Å². The fourth-order valence-electron chi connectivity index (χ4n) is 2.10. The summed E-state index contributed by atoms with van der Waals surface area (Å²) < 4.78 is 6.99. The lowest BCUT2D eigenvalue weighted by Crippen LogP contribution is -2.35. The topological polar surface area (TPSA) is 90.5 Å². The molecule has 0 aromatic carbocycles. The van der Waals surface area contributed by atoms with Crippen molar-refractivity contribution in [1.29, 1.82) is 0 Å². The van der Waals surface area contributed by atoms with Gasteiger partial charge in [0.15, 0.2) is 0 Å². The van der Waals surface area contributed by atoms with Crippen molar-refractivity contribution in [2.45, 2.75) is 38.8 Å². The minimum Gasteiger partial charge on any atom is -0.444 e. The predicted octanol–water partition coefficient (Wildman–Crippen LogP) is 1.97. The molecule has 0 spiro atoms. The Morgan fingerprint density at radius 3 is 2.80 bits per heavy atom. The molecule has 1 aliphatic rings. The largest absolute Gasteiger partial charge is 0.444 e. The Morgan fingerprint density at radius 1 is 1.55 bits per heavy atom. The molecule has 2 heterocycles. The van der Waals surface area contributed by atoms with E-state index in [-0.39, 0.29) is 18.0 Å². The van der Waals surface area contributed by atoms with E-state index in [2.05, 4.69) is 4.98 Å². The second-order valence-corrected chi connectivity index (χ2v) is 5.81. The quantitative estimate of drug-likeness (QED) is 0.611. The number of aromatic nitrogens is 2. The lowest BCUT2D eigenvalue weighted by atomic mass is 10.2. The Bertz CT molecular complexity index is 520. The molecule has 2 rings (SSSR count). The van der Waals surface area contributed by atoms with Gasteiger partial charge in [-0.15, -0.1) is 0 Å². The highest BCUT2D eigenvalue weighted by molar-refractivity contribution is 5.68. The van der Waals surface area contributed by atoms with Crippen LogP contribution in [0, 0.1) is 10.1 Å². The molecule has 1 aromatic rings. The molecule has 20 heavy (non-hydrogen) atoms. The van der Waals surface area contributed by atoms with Crippen molar-refractivity contribution < 1.29 is 14.5 Å². The number of hydrogen-bond acceptors (Lipinski definition) is 5. The summed E-state index contributed by atoms with van der Waals surface area (Å²) in [5.74, 6) is -0.180. The van der Waals surface area contributed by atoms with Crippen LogP contribution >= 0.6 is 0 Å². The van der Waals surface area contributed by atoms with Crippen LogP contribution in [0.2, 0.25) is 0 Å². The monoisotopic (exact) mass is 282 g/mol. The standard InChI is InChI=1S/C12H18N4O4/c1-12(2,3)20-11(17)14-5-4-9(6-14)15-7-10(13-8-15)16(18)19/h7-9H,4-6H2,1-3H3. The van der Waals surface area contributed by atoms with Gasteiger partial charge in [0.2, 0.25) is 6.33 Å². The highest BCUT2D eigenvalue weighted by Gasteiger charge is 2.31. The van der Waals surface area contributed by atoms with E-state index in [1.165, 1.54) is 12.5 Å². The van der Waals surface area contributed by atoms with E-state index >= 15 is 0 Å². The summed E-state index contributed by atoms with van der Waals surface area (Å²) in [6.45, 7) is 6.50. The van der Waals surface area contributed by atoms with Gasteiger partial charge in [0.05, 0.1) is 6.04 Å². The maximum Gasteiger partial charge on any atom is 0.410 e. The van der Waals surface area contributed by atoms with Gasteiger partial charge >= 0.3 is 11.9 Å². The molecule has 0 bridgehead atoms. The minimum atomic E-state index is -0.531. The Hall–Kier alpha value is -2.12. The zero-order valence-corrected chi connectivity index (χ0v) is 11.8. The molecular formula is C12H18N4O4. The van der Waals surface area contributed by atoms with Crippen LogP contribution in [0.25, 0.3) is 0 Å². The number of likely N-dealkylation sites (tertiary alicyclic amines) is 1. The van der Waals surface area contributed by atoms with Gasteiger partial charge in [0.25, 0.3) is 0 Å². The molecule has 0 N–H and O–H groups in total. The van der Waals surface area contributed by atoms with Gasteiger partial charge in [0, 0.05) is 13.1 Å². The van der Waals surface area contributed by atoms with Crippen LogP contribution in [0.3, 0.4) is 0 Å². The third-order valence-corrected chi connectivity index (χ3v) is 3.01. The van der Waals surface area contributed by atoms with Crippen LogP contribution in [0.5, 0.6) is 0 Å². The van der Waals surface area contributed by atoms with E-state index in [1.54, 1.807) is 9.47 Å². The number of imidazole rings is 1. The lowest BCUT2D eigenvalue weighted by molar-refractivity contribution is -0.389. The fraction of sp³-hybridized carbons (Fsp3) is 0.667. The molecule has 1 amide bonds. The Balaban J connectivity index is 1.98. The molecule has 1 atom stereocenters. The van der Waals surface area contributed by atoms with Crippen LogP contribution in [-0.4, -0.2) is 44.2 Å². The summed E-state index contributed by atoms with van der Waals surface area (Å²) in [4.78, 5) is 27.3. The van der Waals surface area contributed by atoms with Crippen molar-refractivity contribution in [3.05, 3.63) is 22.6 Å². The van der Waals surface area contributed by atoms with Crippen molar-refractivity contribution in [3.63, 3.8) is 0 Å². The van der Waals surface area contributed by atoms with Crippen molar-refractivity contribution in [3.8, 4) is 0 Å². The normalized spacial score (nSPS) is 19.1. The summed E-state index contributed by atoms with van der Waals surface area (Å²) in [6.07, 6.45) is 3.20. The molecule has 1 unspecified atom stereocenters. The van der Waals surface area contributed by atoms with Gasteiger partial charge in [-0.1, -0.05) is 0 Å². The first kappa shape index (κ1) is 14.3. The van der Waals surface area contributed by atoms with Gasteiger partial charge < -0.3 is 24.3 Å². The third kappa shape index (κ3) is 3.25. The van der Waals surface area contributed by atoms with E-state index in [0.717, 1.165) is 6.42 Å². The first-order valence-corrected chi connectivity index (χ1v) is 6.42. The van der Waals surface area contributed by atoms with Crippen molar-refractivity contribution in [2.75, 3.05) is 13.1 Å². The number of hydrogen-bond donors (Lipinski definition) is 0. The first-order chi connectivity index (χ1) is 9.26. The summed E-state index contributed by atoms with van der Waals surface area (Å²) >= 11 is 0. The molecule has 0 radical (unpaired) electrons. The van der Waals surface area contributed by atoms with Gasteiger partial charge in [-0.25, -0.2) is 4.79 Å². The van der Waals surface area contributed by atoms with E-state index in [1.807, 2.05) is 20.8 Å². The van der Waals surface area contributed by atoms with Gasteiger partial charge in [0.1, 0.15) is 11.8 Å². The summed E-state index contributed by atoms with van der Waals surface area (Å²) in [5.41, 5.74) is -0.525. The van der Waals surface area contributed by atoms with Crippen LogP contribution in [-0.2, 0) is 4.74 Å². The summed E-state index contributed by atoms with van der Waals surface area (Å²) in [5, 5.41) is 10.6. The highest BCUT2D eigenvalue weighted by atomic mass is 16.6. The number of ether oxygens (including phenoxy) is 1. The molecule has 0 aliphatic carbocycles. The van der Waals surface area contributed by atoms with Crippen molar-refractivity contribution in [2.24, 2.45) is 0 Å². The molecule has 1 aromatic heterocycles. The molecule has 110 valence electrons. The second kappa shape index (κ2) is 5.10. The average Bonchev–Trinajstić information content (AvgIpc) is 2.95. The van der Waals surface area contributed by atoms with Crippen LogP contribution < -0.4 is 0 Å². The number of carbonyl (C=O) groups excluding carboxylic acids is 1. The summed E-state index contributed by atoms with van der Waals surface area (Å²) in [7, 11) is 0. The van der Waals surface area contributed by atoms with E-state index in [0.29, 0.717) is 13.1 Å². The predicted molar refractivity (Wildman–Crippen MR) is 70.3 cm³/mol.